The monoisotopic (exact) mass is 1090 g/mol. The van der Waals surface area contributed by atoms with E-state index in [9.17, 15) is 45.6 Å². The van der Waals surface area contributed by atoms with Crippen LogP contribution in [0.4, 0.5) is 0 Å². The Morgan fingerprint density at radius 1 is 0.461 bits per heavy atom. The Hall–Kier alpha value is -1.27. The van der Waals surface area contributed by atoms with Crippen molar-refractivity contribution in [2.75, 3.05) is 19.8 Å². The van der Waals surface area contributed by atoms with Gasteiger partial charge in [-0.2, -0.15) is 0 Å². The van der Waals surface area contributed by atoms with Gasteiger partial charge in [0.1, 0.15) is 48.8 Å². The first kappa shape index (κ1) is 70.8. The van der Waals surface area contributed by atoms with Crippen molar-refractivity contribution in [1.29, 1.82) is 0 Å². The predicted octanol–water partition coefficient (Wildman–Crippen LogP) is 11.5. The molecule has 0 spiro atoms. The molecule has 450 valence electrons. The van der Waals surface area contributed by atoms with Gasteiger partial charge in [-0.25, -0.2) is 0 Å². The lowest BCUT2D eigenvalue weighted by Gasteiger charge is -2.46. The van der Waals surface area contributed by atoms with Gasteiger partial charge in [-0.1, -0.05) is 270 Å². The number of unbranched alkanes of at least 4 members (excludes halogenated alkanes) is 39. The maximum atomic E-state index is 13.2. The maximum Gasteiger partial charge on any atom is 0.220 e. The minimum atomic E-state index is -1.78. The number of ether oxygens (including phenoxy) is 4. The summed E-state index contributed by atoms with van der Waals surface area (Å²) < 4.78 is 22.8. The van der Waals surface area contributed by atoms with E-state index in [0.29, 0.717) is 6.42 Å². The molecule has 0 aromatic rings. The van der Waals surface area contributed by atoms with Gasteiger partial charge < -0.3 is 65.1 Å². The maximum absolute atomic E-state index is 13.2. The van der Waals surface area contributed by atoms with E-state index in [4.69, 9.17) is 18.9 Å². The predicted molar refractivity (Wildman–Crippen MR) is 305 cm³/mol. The standard InChI is InChI=1S/C62H119NO13/c1-3-5-7-9-11-13-15-16-17-18-19-20-21-22-23-24-25-26-27-28-29-30-31-32-33-34-36-38-40-42-44-46-54(67)63-50(51(66)45-43-41-39-37-35-14-12-10-8-6-4-2)49-73-61-59(72)57(70)60(53(48-65)75-61)76-62-58(71)56(69)55(68)52(47-64)74-62/h43,45,50-53,55-62,64-66,68-72H,3-42,44,46-49H2,1-2H3,(H,63,67)/b45-43+. The molecule has 0 bridgehead atoms. The van der Waals surface area contributed by atoms with Crippen LogP contribution in [0.1, 0.15) is 284 Å². The Bertz CT molecular complexity index is 1330. The topological polar surface area (TPSA) is 228 Å². The highest BCUT2D eigenvalue weighted by atomic mass is 16.7. The molecule has 14 nitrogen and oxygen atoms in total. The zero-order valence-corrected chi connectivity index (χ0v) is 48.5. The van der Waals surface area contributed by atoms with E-state index in [2.05, 4.69) is 19.2 Å². The molecule has 0 aliphatic carbocycles. The van der Waals surface area contributed by atoms with Crippen LogP contribution in [0.25, 0.3) is 0 Å². The van der Waals surface area contributed by atoms with Gasteiger partial charge in [-0.05, 0) is 19.3 Å². The number of aliphatic hydroxyl groups is 8. The van der Waals surface area contributed by atoms with Crippen molar-refractivity contribution < 1.29 is 64.6 Å². The normalized spacial score (nSPS) is 24.9. The van der Waals surface area contributed by atoms with Crippen molar-refractivity contribution in [3.05, 3.63) is 12.2 Å². The molecule has 2 aliphatic heterocycles. The zero-order valence-electron chi connectivity index (χ0n) is 48.5. The molecular weight excluding hydrogens is 967 g/mol. The van der Waals surface area contributed by atoms with Gasteiger partial charge in [0.2, 0.25) is 5.91 Å². The lowest BCUT2D eigenvalue weighted by Crippen LogP contribution is -2.65. The fourth-order valence-electron chi connectivity index (χ4n) is 10.8. The summed E-state index contributed by atoms with van der Waals surface area (Å²) in [6.45, 7) is 2.81. The van der Waals surface area contributed by atoms with Crippen LogP contribution in [-0.2, 0) is 23.7 Å². The van der Waals surface area contributed by atoms with E-state index in [1.165, 1.54) is 218 Å². The van der Waals surface area contributed by atoms with Crippen molar-refractivity contribution in [1.82, 2.24) is 5.32 Å². The van der Waals surface area contributed by atoms with Gasteiger partial charge in [-0.15, -0.1) is 0 Å². The molecule has 14 heteroatoms. The van der Waals surface area contributed by atoms with Crippen molar-refractivity contribution in [3.63, 3.8) is 0 Å². The lowest BCUT2D eigenvalue weighted by atomic mass is 9.97. The molecule has 0 radical (unpaired) electrons. The summed E-state index contributed by atoms with van der Waals surface area (Å²) in [5.41, 5.74) is 0. The molecule has 0 aromatic carbocycles. The highest BCUT2D eigenvalue weighted by molar-refractivity contribution is 5.76. The van der Waals surface area contributed by atoms with Crippen molar-refractivity contribution in [2.24, 2.45) is 0 Å². The fourth-order valence-corrected chi connectivity index (χ4v) is 10.8. The first-order chi connectivity index (χ1) is 37.1. The number of hydrogen-bond donors (Lipinski definition) is 9. The van der Waals surface area contributed by atoms with Crippen LogP contribution in [0.5, 0.6) is 0 Å². The molecule has 76 heavy (non-hydrogen) atoms. The van der Waals surface area contributed by atoms with Gasteiger partial charge in [0.05, 0.1) is 32.0 Å². The minimum absolute atomic E-state index is 0.234. The third kappa shape index (κ3) is 33.5. The summed E-state index contributed by atoms with van der Waals surface area (Å²) in [4.78, 5) is 13.2. The lowest BCUT2D eigenvalue weighted by molar-refractivity contribution is -0.359. The number of nitrogens with one attached hydrogen (secondary N) is 1. The molecule has 2 heterocycles. The molecule has 0 saturated carbocycles. The number of allylic oxidation sites excluding steroid dienone is 1. The second-order valence-corrected chi connectivity index (χ2v) is 22.9. The van der Waals surface area contributed by atoms with Crippen LogP contribution in [0.3, 0.4) is 0 Å². The SMILES string of the molecule is CCCCCCCCCCC/C=C/C(O)C(COC1OC(CO)C(OC2OC(CO)C(O)C(O)C2O)C(O)C1O)NC(=O)CCCCCCCCCCCCCCCCCCCCCCCCCCCCCCCCC. The molecule has 2 rings (SSSR count). The largest absolute Gasteiger partial charge is 0.394 e. The summed E-state index contributed by atoms with van der Waals surface area (Å²) >= 11 is 0. The molecule has 2 aliphatic rings. The first-order valence-corrected chi connectivity index (χ1v) is 31.9. The average Bonchev–Trinajstić information content (AvgIpc) is 3.42. The first-order valence-electron chi connectivity index (χ1n) is 31.9. The van der Waals surface area contributed by atoms with Crippen LogP contribution in [0, 0.1) is 0 Å². The Morgan fingerprint density at radius 2 is 0.816 bits per heavy atom. The van der Waals surface area contributed by atoms with E-state index >= 15 is 0 Å². The molecule has 2 fully saturated rings. The Morgan fingerprint density at radius 3 is 1.21 bits per heavy atom. The smallest absolute Gasteiger partial charge is 0.220 e. The van der Waals surface area contributed by atoms with Crippen molar-refractivity contribution >= 4 is 5.91 Å². The number of rotatable bonds is 52. The average molecular weight is 1090 g/mol. The highest BCUT2D eigenvalue weighted by Crippen LogP contribution is 2.30. The van der Waals surface area contributed by atoms with Crippen LogP contribution < -0.4 is 5.32 Å². The molecule has 9 N–H and O–H groups in total. The third-order valence-electron chi connectivity index (χ3n) is 16.0. The zero-order chi connectivity index (χ0) is 55.3. The summed E-state index contributed by atoms with van der Waals surface area (Å²) in [6, 6.07) is -0.908. The number of carbonyl (C=O) groups excluding carboxylic acids is 1. The number of amides is 1. The fraction of sp³-hybridized carbons (Fsp3) is 0.952. The summed E-state index contributed by atoms with van der Waals surface area (Å²) in [5, 5.41) is 87.0. The summed E-state index contributed by atoms with van der Waals surface area (Å²) in [5.74, 6) is -0.234. The van der Waals surface area contributed by atoms with E-state index in [1.54, 1.807) is 6.08 Å². The van der Waals surface area contributed by atoms with Crippen LogP contribution in [-0.4, -0.2) is 140 Å². The van der Waals surface area contributed by atoms with Crippen LogP contribution >= 0.6 is 0 Å². The molecule has 2 saturated heterocycles. The highest BCUT2D eigenvalue weighted by Gasteiger charge is 2.51. The molecule has 0 aromatic heterocycles. The van der Waals surface area contributed by atoms with E-state index in [0.717, 1.165) is 38.5 Å². The van der Waals surface area contributed by atoms with Gasteiger partial charge >= 0.3 is 0 Å². The number of carbonyl (C=O) groups is 1. The quantitative estimate of drug-likeness (QED) is 0.0204. The van der Waals surface area contributed by atoms with Gasteiger partial charge in [-0.3, -0.25) is 4.79 Å². The van der Waals surface area contributed by atoms with E-state index in [-0.39, 0.29) is 18.9 Å². The van der Waals surface area contributed by atoms with Gasteiger partial charge in [0.25, 0.3) is 0 Å². The van der Waals surface area contributed by atoms with Crippen molar-refractivity contribution in [2.45, 2.75) is 357 Å². The molecule has 12 unspecified atom stereocenters. The van der Waals surface area contributed by atoms with E-state index < -0.39 is 86.8 Å². The van der Waals surface area contributed by atoms with E-state index in [1.807, 2.05) is 6.08 Å². The number of hydrogen-bond acceptors (Lipinski definition) is 13. The Kier molecular flexibility index (Phi) is 45.1. The third-order valence-corrected chi connectivity index (χ3v) is 16.0. The Balaban J connectivity index is 1.61. The second-order valence-electron chi connectivity index (χ2n) is 22.9. The van der Waals surface area contributed by atoms with Crippen LogP contribution in [0.2, 0.25) is 0 Å². The minimum Gasteiger partial charge on any atom is -0.394 e. The van der Waals surface area contributed by atoms with Gasteiger partial charge in [0, 0.05) is 6.42 Å². The molecule has 12 atom stereocenters. The summed E-state index contributed by atoms with van der Waals surface area (Å²) in [7, 11) is 0. The van der Waals surface area contributed by atoms with Gasteiger partial charge in [0.15, 0.2) is 12.6 Å². The van der Waals surface area contributed by atoms with Crippen molar-refractivity contribution in [3.8, 4) is 0 Å². The molecule has 1 amide bonds. The Labute approximate surface area is 463 Å². The van der Waals surface area contributed by atoms with Crippen LogP contribution in [0.15, 0.2) is 12.2 Å². The summed E-state index contributed by atoms with van der Waals surface area (Å²) in [6.07, 6.45) is 40.0. The number of aliphatic hydroxyl groups excluding tert-OH is 8. The second kappa shape index (κ2) is 48.4. The molecular formula is C62H119NO13.